The van der Waals surface area contributed by atoms with Gasteiger partial charge in [-0.3, -0.25) is 4.79 Å². The highest BCUT2D eigenvalue weighted by Crippen LogP contribution is 2.31. The van der Waals surface area contributed by atoms with Crippen molar-refractivity contribution < 1.29 is 9.90 Å². The van der Waals surface area contributed by atoms with Gasteiger partial charge in [0.05, 0.1) is 25.8 Å². The van der Waals surface area contributed by atoms with Crippen molar-refractivity contribution in [2.75, 3.05) is 6.61 Å². The summed E-state index contributed by atoms with van der Waals surface area (Å²) in [5.74, 6) is -0.162. The molecule has 0 bridgehead atoms. The second-order valence-corrected chi connectivity index (χ2v) is 6.75. The minimum Gasteiger partial charge on any atom is -0.394 e. The van der Waals surface area contributed by atoms with Crippen LogP contribution in [0.5, 0.6) is 0 Å². The molecule has 1 aromatic heterocycles. The summed E-state index contributed by atoms with van der Waals surface area (Å²) in [6.07, 6.45) is 0.713. The first kappa shape index (κ1) is 13.2. The van der Waals surface area contributed by atoms with E-state index in [1.54, 1.807) is 6.07 Å². The van der Waals surface area contributed by atoms with Gasteiger partial charge in [-0.05, 0) is 44.3 Å². The number of carbonyl (C=O) groups is 1. The molecule has 0 aliphatic heterocycles. The van der Waals surface area contributed by atoms with Crippen molar-refractivity contribution in [1.82, 2.24) is 5.32 Å². The van der Waals surface area contributed by atoms with Crippen molar-refractivity contribution in [2.45, 2.75) is 19.4 Å². The van der Waals surface area contributed by atoms with Gasteiger partial charge in [-0.15, -0.1) is 11.3 Å². The Morgan fingerprint density at radius 1 is 1.67 bits per heavy atom. The predicted molar refractivity (Wildman–Crippen MR) is 68.4 cm³/mol. The summed E-state index contributed by atoms with van der Waals surface area (Å²) in [6, 6.07) is 1.58. The molecule has 0 unspecified atom stereocenters. The van der Waals surface area contributed by atoms with Crippen LogP contribution in [0.15, 0.2) is 13.6 Å². The average molecular weight is 357 g/mol. The van der Waals surface area contributed by atoms with Crippen LogP contribution in [0.1, 0.15) is 23.7 Å². The molecule has 15 heavy (non-hydrogen) atoms. The molecule has 6 heteroatoms. The standard InChI is InChI=1S/C9H11Br2NO2S/c1-2-5(4-13)12-9(14)6-3-7(10)15-8(6)11/h3,5,13H,2,4H2,1H3,(H,12,14)/t5-/m1/s1. The first-order chi connectivity index (χ1) is 7.08. The highest BCUT2D eigenvalue weighted by molar-refractivity contribution is 9.12. The molecule has 0 fully saturated rings. The minimum atomic E-state index is -0.178. The van der Waals surface area contributed by atoms with Crippen LogP contribution in [0, 0.1) is 0 Å². The van der Waals surface area contributed by atoms with Crippen LogP contribution in [-0.2, 0) is 0 Å². The number of halogens is 2. The topological polar surface area (TPSA) is 49.3 Å². The monoisotopic (exact) mass is 355 g/mol. The summed E-state index contributed by atoms with van der Waals surface area (Å²) in [6.45, 7) is 1.88. The van der Waals surface area contributed by atoms with Crippen molar-refractivity contribution in [3.63, 3.8) is 0 Å². The summed E-state index contributed by atoms with van der Waals surface area (Å²) in [5, 5.41) is 11.7. The van der Waals surface area contributed by atoms with Crippen molar-refractivity contribution >= 4 is 49.1 Å². The molecular weight excluding hydrogens is 346 g/mol. The van der Waals surface area contributed by atoms with Crippen LogP contribution in [0.2, 0.25) is 0 Å². The Labute approximate surface area is 109 Å². The normalized spacial score (nSPS) is 12.5. The van der Waals surface area contributed by atoms with Crippen molar-refractivity contribution in [2.24, 2.45) is 0 Å². The summed E-state index contributed by atoms with van der Waals surface area (Å²) in [5.41, 5.74) is 0.596. The van der Waals surface area contributed by atoms with Crippen molar-refractivity contribution in [1.29, 1.82) is 0 Å². The number of carbonyl (C=O) groups excluding carboxylic acids is 1. The summed E-state index contributed by atoms with van der Waals surface area (Å²) in [7, 11) is 0. The number of aliphatic hydroxyl groups excluding tert-OH is 1. The van der Waals surface area contributed by atoms with Crippen molar-refractivity contribution in [3.8, 4) is 0 Å². The molecule has 0 aliphatic carbocycles. The zero-order valence-corrected chi connectivity index (χ0v) is 12.1. The Kier molecular flexibility index (Phi) is 5.25. The Hall–Kier alpha value is 0.0900. The van der Waals surface area contributed by atoms with E-state index in [1.807, 2.05) is 6.92 Å². The number of rotatable bonds is 4. The van der Waals surface area contributed by atoms with E-state index in [2.05, 4.69) is 37.2 Å². The van der Waals surface area contributed by atoms with Gasteiger partial charge in [0.25, 0.3) is 5.91 Å². The van der Waals surface area contributed by atoms with Gasteiger partial charge in [-0.1, -0.05) is 6.92 Å². The molecular formula is C9H11Br2NO2S. The molecule has 0 spiro atoms. The van der Waals surface area contributed by atoms with Gasteiger partial charge in [-0.2, -0.15) is 0 Å². The van der Waals surface area contributed by atoms with Crippen LogP contribution in [0.4, 0.5) is 0 Å². The molecule has 1 heterocycles. The molecule has 0 radical (unpaired) electrons. The van der Waals surface area contributed by atoms with Gasteiger partial charge in [0.1, 0.15) is 0 Å². The van der Waals surface area contributed by atoms with Crippen LogP contribution >= 0.6 is 43.2 Å². The second kappa shape index (κ2) is 5.98. The maximum absolute atomic E-state index is 11.7. The molecule has 1 rings (SSSR count). The van der Waals surface area contributed by atoms with Gasteiger partial charge >= 0.3 is 0 Å². The summed E-state index contributed by atoms with van der Waals surface area (Å²) < 4.78 is 1.69. The number of nitrogens with one attached hydrogen (secondary N) is 1. The van der Waals surface area contributed by atoms with Crippen LogP contribution in [-0.4, -0.2) is 23.7 Å². The SMILES string of the molecule is CC[C@H](CO)NC(=O)c1cc(Br)sc1Br. The lowest BCUT2D eigenvalue weighted by atomic mass is 10.2. The number of amides is 1. The molecule has 0 saturated carbocycles. The van der Waals surface area contributed by atoms with Crippen LogP contribution < -0.4 is 5.32 Å². The molecule has 0 aliphatic rings. The molecule has 0 aromatic carbocycles. The summed E-state index contributed by atoms with van der Waals surface area (Å²) in [4.78, 5) is 11.7. The van der Waals surface area contributed by atoms with Crippen molar-refractivity contribution in [3.05, 3.63) is 19.2 Å². The molecule has 84 valence electrons. The zero-order valence-electron chi connectivity index (χ0n) is 8.09. The second-order valence-electron chi connectivity index (χ2n) is 3.00. The lowest BCUT2D eigenvalue weighted by molar-refractivity contribution is 0.0914. The van der Waals surface area contributed by atoms with E-state index in [4.69, 9.17) is 5.11 Å². The molecule has 1 atom stereocenters. The number of hydrogen-bond acceptors (Lipinski definition) is 3. The fourth-order valence-corrected chi connectivity index (χ4v) is 3.83. The van der Waals surface area contributed by atoms with Gasteiger partial charge in [-0.25, -0.2) is 0 Å². The Morgan fingerprint density at radius 3 is 2.73 bits per heavy atom. The van der Waals surface area contributed by atoms with E-state index in [0.717, 1.165) is 7.57 Å². The maximum Gasteiger partial charge on any atom is 0.253 e. The third kappa shape index (κ3) is 3.55. The largest absolute Gasteiger partial charge is 0.394 e. The Morgan fingerprint density at radius 2 is 2.33 bits per heavy atom. The third-order valence-electron chi connectivity index (χ3n) is 1.95. The minimum absolute atomic E-state index is 0.0365. The smallest absolute Gasteiger partial charge is 0.253 e. The van der Waals surface area contributed by atoms with Gasteiger partial charge in [0, 0.05) is 0 Å². The molecule has 0 saturated heterocycles. The average Bonchev–Trinajstić information content (AvgIpc) is 2.54. The van der Waals surface area contributed by atoms with Gasteiger partial charge in [0.15, 0.2) is 0 Å². The van der Waals surface area contributed by atoms with E-state index < -0.39 is 0 Å². The molecule has 2 N–H and O–H groups in total. The highest BCUT2D eigenvalue weighted by atomic mass is 79.9. The van der Waals surface area contributed by atoms with Crippen LogP contribution in [0.25, 0.3) is 0 Å². The predicted octanol–water partition coefficient (Wildman–Crippen LogP) is 2.77. The quantitative estimate of drug-likeness (QED) is 0.871. The third-order valence-corrected chi connectivity index (χ3v) is 4.29. The van der Waals surface area contributed by atoms with Gasteiger partial charge < -0.3 is 10.4 Å². The van der Waals surface area contributed by atoms with E-state index in [-0.39, 0.29) is 18.6 Å². The van der Waals surface area contributed by atoms with E-state index in [1.165, 1.54) is 11.3 Å². The molecule has 1 aromatic rings. The first-order valence-corrected chi connectivity index (χ1v) is 6.85. The van der Waals surface area contributed by atoms with E-state index >= 15 is 0 Å². The molecule has 1 amide bonds. The van der Waals surface area contributed by atoms with Crippen LogP contribution in [0.3, 0.4) is 0 Å². The lowest BCUT2D eigenvalue weighted by Gasteiger charge is -2.13. The first-order valence-electron chi connectivity index (χ1n) is 4.45. The van der Waals surface area contributed by atoms with Gasteiger partial charge in [0.2, 0.25) is 0 Å². The number of hydrogen-bond donors (Lipinski definition) is 2. The number of aliphatic hydroxyl groups is 1. The molecule has 3 nitrogen and oxygen atoms in total. The maximum atomic E-state index is 11.7. The lowest BCUT2D eigenvalue weighted by Crippen LogP contribution is -2.36. The number of thiophene rings is 1. The summed E-state index contributed by atoms with van der Waals surface area (Å²) >= 11 is 8.08. The van der Waals surface area contributed by atoms with E-state index in [0.29, 0.717) is 12.0 Å². The fourth-order valence-electron chi connectivity index (χ4n) is 1.04. The Bertz CT molecular complexity index is 350. The highest BCUT2D eigenvalue weighted by Gasteiger charge is 2.16. The fraction of sp³-hybridized carbons (Fsp3) is 0.444. The Balaban J connectivity index is 2.72. The van der Waals surface area contributed by atoms with E-state index in [9.17, 15) is 4.79 Å². The zero-order chi connectivity index (χ0) is 11.4.